The maximum Gasteiger partial charge on any atom is 0.0345 e. The largest absolute Gasteiger partial charge is 0.329 e. The topological polar surface area (TPSA) is 35.7 Å². The molecule has 0 radical (unpaired) electrons. The average molecular weight is 297 g/mol. The Morgan fingerprint density at radius 2 is 1.76 bits per heavy atom. The van der Waals surface area contributed by atoms with Crippen LogP contribution in [0.1, 0.15) is 47.0 Å². The molecule has 2 aliphatic rings. The number of nitrogens with zero attached hydrogens (tertiary/aromatic N) is 3. The summed E-state index contributed by atoms with van der Waals surface area (Å²) in [6.07, 6.45) is 3.76. The number of nitrogens with two attached hydrogens (primary N) is 1. The number of rotatable bonds is 3. The Kier molecular flexibility index (Phi) is 5.35. The van der Waals surface area contributed by atoms with Crippen molar-refractivity contribution in [2.45, 2.75) is 64.1 Å². The second-order valence-corrected chi connectivity index (χ2v) is 8.07. The van der Waals surface area contributed by atoms with E-state index in [1.165, 1.54) is 38.9 Å². The lowest BCUT2D eigenvalue weighted by Gasteiger charge is -2.53. The van der Waals surface area contributed by atoms with Crippen LogP contribution < -0.4 is 5.73 Å². The van der Waals surface area contributed by atoms with Crippen molar-refractivity contribution in [1.82, 2.24) is 14.7 Å². The molecule has 0 bridgehead atoms. The Morgan fingerprint density at radius 1 is 1.05 bits per heavy atom. The highest BCUT2D eigenvalue weighted by Crippen LogP contribution is 2.33. The fraction of sp³-hybridized carbons (Fsp3) is 1.00. The van der Waals surface area contributed by atoms with E-state index in [1.807, 2.05) is 0 Å². The summed E-state index contributed by atoms with van der Waals surface area (Å²) in [5, 5.41) is 0. The van der Waals surface area contributed by atoms with Gasteiger partial charge in [0.1, 0.15) is 0 Å². The van der Waals surface area contributed by atoms with Crippen LogP contribution in [0.25, 0.3) is 0 Å². The Morgan fingerprint density at radius 3 is 2.33 bits per heavy atom. The SMILES string of the molecule is CC(C)N1CCCC(CN)(N2CCN(C)C(C)(C)C2)CC1. The third-order valence-corrected chi connectivity index (χ3v) is 6.05. The van der Waals surface area contributed by atoms with Gasteiger partial charge in [-0.05, 0) is 60.5 Å². The molecule has 0 saturated carbocycles. The predicted octanol–water partition coefficient (Wildman–Crippen LogP) is 1.60. The molecule has 4 heteroatoms. The summed E-state index contributed by atoms with van der Waals surface area (Å²) >= 11 is 0. The van der Waals surface area contributed by atoms with Crippen LogP contribution in [0.3, 0.4) is 0 Å². The first-order valence-corrected chi connectivity index (χ1v) is 8.71. The molecule has 1 atom stereocenters. The first kappa shape index (κ1) is 17.2. The number of likely N-dealkylation sites (tertiary alicyclic amines) is 1. The highest BCUT2D eigenvalue weighted by atomic mass is 15.3. The van der Waals surface area contributed by atoms with E-state index in [9.17, 15) is 0 Å². The van der Waals surface area contributed by atoms with E-state index >= 15 is 0 Å². The van der Waals surface area contributed by atoms with Gasteiger partial charge in [-0.15, -0.1) is 0 Å². The third kappa shape index (κ3) is 3.61. The fourth-order valence-corrected chi connectivity index (χ4v) is 4.01. The van der Waals surface area contributed by atoms with Crippen molar-refractivity contribution in [3.05, 3.63) is 0 Å². The molecule has 1 unspecified atom stereocenters. The summed E-state index contributed by atoms with van der Waals surface area (Å²) < 4.78 is 0. The van der Waals surface area contributed by atoms with Gasteiger partial charge >= 0.3 is 0 Å². The van der Waals surface area contributed by atoms with Crippen molar-refractivity contribution < 1.29 is 0 Å². The smallest absolute Gasteiger partial charge is 0.0345 e. The molecule has 2 N–H and O–H groups in total. The lowest BCUT2D eigenvalue weighted by atomic mass is 9.85. The quantitative estimate of drug-likeness (QED) is 0.858. The lowest BCUT2D eigenvalue weighted by Crippen LogP contribution is -2.66. The normalized spacial score (nSPS) is 33.3. The fourth-order valence-electron chi connectivity index (χ4n) is 4.01. The van der Waals surface area contributed by atoms with Crippen molar-refractivity contribution in [3.8, 4) is 0 Å². The Hall–Kier alpha value is -0.160. The average Bonchev–Trinajstić information content (AvgIpc) is 2.65. The molecule has 2 rings (SSSR count). The zero-order valence-electron chi connectivity index (χ0n) is 14.9. The van der Waals surface area contributed by atoms with Gasteiger partial charge in [0.15, 0.2) is 0 Å². The molecule has 0 aromatic carbocycles. The van der Waals surface area contributed by atoms with Gasteiger partial charge in [0.2, 0.25) is 0 Å². The highest BCUT2D eigenvalue weighted by Gasteiger charge is 2.42. The number of piperazine rings is 1. The first-order chi connectivity index (χ1) is 9.81. The van der Waals surface area contributed by atoms with Crippen LogP contribution in [0.5, 0.6) is 0 Å². The molecule has 124 valence electrons. The van der Waals surface area contributed by atoms with Crippen molar-refractivity contribution in [2.75, 3.05) is 46.3 Å². The zero-order chi connectivity index (χ0) is 15.7. The molecule has 2 heterocycles. The van der Waals surface area contributed by atoms with Crippen LogP contribution in [-0.4, -0.2) is 78.1 Å². The lowest BCUT2D eigenvalue weighted by molar-refractivity contribution is -0.0280. The molecule has 2 fully saturated rings. The van der Waals surface area contributed by atoms with Gasteiger partial charge in [0, 0.05) is 49.8 Å². The molecule has 21 heavy (non-hydrogen) atoms. The van der Waals surface area contributed by atoms with Crippen LogP contribution in [0.4, 0.5) is 0 Å². The maximum absolute atomic E-state index is 6.31. The second-order valence-electron chi connectivity index (χ2n) is 8.07. The van der Waals surface area contributed by atoms with E-state index < -0.39 is 0 Å². The van der Waals surface area contributed by atoms with E-state index in [1.54, 1.807) is 0 Å². The van der Waals surface area contributed by atoms with E-state index in [-0.39, 0.29) is 11.1 Å². The van der Waals surface area contributed by atoms with Gasteiger partial charge in [0.05, 0.1) is 0 Å². The summed E-state index contributed by atoms with van der Waals surface area (Å²) in [6, 6.07) is 0.655. The molecule has 0 spiro atoms. The Balaban J connectivity index is 2.11. The Labute approximate surface area is 131 Å². The van der Waals surface area contributed by atoms with Crippen molar-refractivity contribution >= 4 is 0 Å². The van der Waals surface area contributed by atoms with Gasteiger partial charge in [-0.3, -0.25) is 9.80 Å². The van der Waals surface area contributed by atoms with Gasteiger partial charge in [0.25, 0.3) is 0 Å². The summed E-state index contributed by atoms with van der Waals surface area (Å²) in [6.45, 7) is 16.0. The van der Waals surface area contributed by atoms with Gasteiger partial charge in [-0.2, -0.15) is 0 Å². The molecule has 2 saturated heterocycles. The number of likely N-dealkylation sites (N-methyl/N-ethyl adjacent to an activating group) is 1. The zero-order valence-corrected chi connectivity index (χ0v) is 14.9. The first-order valence-electron chi connectivity index (χ1n) is 8.71. The van der Waals surface area contributed by atoms with Crippen LogP contribution >= 0.6 is 0 Å². The highest BCUT2D eigenvalue weighted by molar-refractivity contribution is 5.00. The predicted molar refractivity (Wildman–Crippen MR) is 90.6 cm³/mol. The van der Waals surface area contributed by atoms with E-state index in [0.717, 1.165) is 19.6 Å². The molecule has 0 amide bonds. The maximum atomic E-state index is 6.31. The standard InChI is InChI=1S/C17H36N4/c1-15(2)20-9-6-7-17(13-18,8-10-20)21-12-11-19(5)16(3,4)14-21/h15H,6-14,18H2,1-5H3. The van der Waals surface area contributed by atoms with Gasteiger partial charge in [-0.25, -0.2) is 0 Å². The Bertz CT molecular complexity index is 342. The van der Waals surface area contributed by atoms with Gasteiger partial charge < -0.3 is 10.6 Å². The molecule has 4 nitrogen and oxygen atoms in total. The number of hydrogen-bond acceptors (Lipinski definition) is 4. The van der Waals surface area contributed by atoms with Crippen LogP contribution in [0, 0.1) is 0 Å². The minimum atomic E-state index is 0.224. The minimum absolute atomic E-state index is 0.224. The monoisotopic (exact) mass is 296 g/mol. The molecular weight excluding hydrogens is 260 g/mol. The van der Waals surface area contributed by atoms with Crippen LogP contribution in [0.2, 0.25) is 0 Å². The molecule has 0 aromatic rings. The summed E-state index contributed by atoms with van der Waals surface area (Å²) in [5.41, 5.74) is 6.79. The molecule has 0 aromatic heterocycles. The summed E-state index contributed by atoms with van der Waals surface area (Å²) in [7, 11) is 2.25. The third-order valence-electron chi connectivity index (χ3n) is 6.05. The van der Waals surface area contributed by atoms with Crippen LogP contribution in [0.15, 0.2) is 0 Å². The van der Waals surface area contributed by atoms with Crippen molar-refractivity contribution in [1.29, 1.82) is 0 Å². The van der Waals surface area contributed by atoms with Crippen molar-refractivity contribution in [2.24, 2.45) is 5.73 Å². The van der Waals surface area contributed by atoms with Crippen LogP contribution in [-0.2, 0) is 0 Å². The van der Waals surface area contributed by atoms with E-state index in [0.29, 0.717) is 6.04 Å². The summed E-state index contributed by atoms with van der Waals surface area (Å²) in [5.74, 6) is 0. The molecule has 2 aliphatic heterocycles. The minimum Gasteiger partial charge on any atom is -0.329 e. The molecular formula is C17H36N4. The second kappa shape index (κ2) is 6.53. The van der Waals surface area contributed by atoms with E-state index in [4.69, 9.17) is 5.73 Å². The van der Waals surface area contributed by atoms with Crippen molar-refractivity contribution in [3.63, 3.8) is 0 Å². The molecule has 0 aliphatic carbocycles. The summed E-state index contributed by atoms with van der Waals surface area (Å²) in [4.78, 5) is 7.83. The van der Waals surface area contributed by atoms with E-state index in [2.05, 4.69) is 49.4 Å². The van der Waals surface area contributed by atoms with Gasteiger partial charge in [-0.1, -0.05) is 0 Å². The number of hydrogen-bond donors (Lipinski definition) is 1.